The van der Waals surface area contributed by atoms with Crippen LogP contribution in [-0.2, 0) is 11.3 Å². The van der Waals surface area contributed by atoms with E-state index in [2.05, 4.69) is 5.32 Å². The molecule has 1 N–H and O–H groups in total. The van der Waals surface area contributed by atoms with Gasteiger partial charge in [0.1, 0.15) is 6.04 Å². The van der Waals surface area contributed by atoms with Crippen LogP contribution in [0.1, 0.15) is 33.2 Å². The molecule has 0 saturated carbocycles. The van der Waals surface area contributed by atoms with Gasteiger partial charge in [-0.25, -0.2) is 0 Å². The van der Waals surface area contributed by atoms with Crippen molar-refractivity contribution in [3.8, 4) is 0 Å². The molecule has 1 heterocycles. The van der Waals surface area contributed by atoms with Gasteiger partial charge in [-0.15, -0.1) is 0 Å². The van der Waals surface area contributed by atoms with Gasteiger partial charge in [-0.2, -0.15) is 0 Å². The van der Waals surface area contributed by atoms with E-state index in [-0.39, 0.29) is 5.91 Å². The molecule has 0 spiro atoms. The quantitative estimate of drug-likeness (QED) is 0.837. The van der Waals surface area contributed by atoms with Crippen molar-refractivity contribution in [3.05, 3.63) is 65.2 Å². The number of rotatable bonds is 5. The molecule has 0 fully saturated rings. The summed E-state index contributed by atoms with van der Waals surface area (Å²) in [5.41, 5.74) is 2.70. The van der Waals surface area contributed by atoms with Gasteiger partial charge in [-0.05, 0) is 36.8 Å². The molecule has 2 aromatic carbocycles. The zero-order chi connectivity index (χ0) is 18.8. The third-order valence-corrected chi connectivity index (χ3v) is 4.51. The van der Waals surface area contributed by atoms with Crippen LogP contribution in [0, 0.1) is 0 Å². The SMILES string of the molecule is C[C@H](C(=O)NCc1ccc(N(C)C)cc1)N1C(=O)c2ccccc2C1=O. The number of benzene rings is 2. The molecule has 0 radical (unpaired) electrons. The molecule has 26 heavy (non-hydrogen) atoms. The fourth-order valence-electron chi connectivity index (χ4n) is 2.93. The third kappa shape index (κ3) is 3.18. The Morgan fingerprint density at radius 3 is 2.04 bits per heavy atom. The maximum atomic E-state index is 12.5. The van der Waals surface area contributed by atoms with Crippen LogP contribution in [0.15, 0.2) is 48.5 Å². The van der Waals surface area contributed by atoms with Crippen LogP contribution in [0.25, 0.3) is 0 Å². The van der Waals surface area contributed by atoms with E-state index in [4.69, 9.17) is 0 Å². The molecule has 1 atom stereocenters. The Kier molecular flexibility index (Phi) is 4.75. The van der Waals surface area contributed by atoms with Gasteiger partial charge in [0.2, 0.25) is 5.91 Å². The first-order valence-electron chi connectivity index (χ1n) is 8.41. The summed E-state index contributed by atoms with van der Waals surface area (Å²) in [6.07, 6.45) is 0. The normalized spacial score (nSPS) is 14.2. The van der Waals surface area contributed by atoms with Crippen molar-refractivity contribution in [1.29, 1.82) is 0 Å². The number of carbonyl (C=O) groups is 3. The van der Waals surface area contributed by atoms with Crippen molar-refractivity contribution < 1.29 is 14.4 Å². The van der Waals surface area contributed by atoms with Crippen LogP contribution in [-0.4, -0.2) is 42.8 Å². The highest BCUT2D eigenvalue weighted by Crippen LogP contribution is 2.24. The second-order valence-corrected chi connectivity index (χ2v) is 6.48. The molecule has 1 aliphatic rings. The minimum absolute atomic E-state index is 0.333. The first-order chi connectivity index (χ1) is 12.4. The number of amides is 3. The zero-order valence-electron chi connectivity index (χ0n) is 15.0. The molecule has 6 heteroatoms. The number of hydrogen-bond donors (Lipinski definition) is 1. The Balaban J connectivity index is 1.65. The standard InChI is InChI=1S/C20H21N3O3/c1-13(23-19(25)16-6-4-5-7-17(16)20(23)26)18(24)21-12-14-8-10-15(11-9-14)22(2)3/h4-11,13H,12H2,1-3H3,(H,21,24)/t13-/m1/s1. The van der Waals surface area contributed by atoms with Crippen LogP contribution in [0.3, 0.4) is 0 Å². The minimum atomic E-state index is -0.872. The van der Waals surface area contributed by atoms with Crippen molar-refractivity contribution in [2.24, 2.45) is 0 Å². The van der Waals surface area contributed by atoms with Gasteiger partial charge in [-0.3, -0.25) is 19.3 Å². The highest BCUT2D eigenvalue weighted by Gasteiger charge is 2.40. The highest BCUT2D eigenvalue weighted by atomic mass is 16.2. The van der Waals surface area contributed by atoms with Crippen LogP contribution in [0.2, 0.25) is 0 Å². The number of carbonyl (C=O) groups excluding carboxylic acids is 3. The maximum absolute atomic E-state index is 12.5. The lowest BCUT2D eigenvalue weighted by Crippen LogP contribution is -2.47. The molecule has 0 aromatic heterocycles. The zero-order valence-corrected chi connectivity index (χ0v) is 15.0. The van der Waals surface area contributed by atoms with E-state index in [1.54, 1.807) is 31.2 Å². The summed E-state index contributed by atoms with van der Waals surface area (Å²) in [5.74, 6) is -1.22. The summed E-state index contributed by atoms with van der Waals surface area (Å²) in [5, 5.41) is 2.79. The Bertz CT molecular complexity index is 824. The lowest BCUT2D eigenvalue weighted by Gasteiger charge is -2.21. The first kappa shape index (κ1) is 17.7. The summed E-state index contributed by atoms with van der Waals surface area (Å²) >= 11 is 0. The smallest absolute Gasteiger partial charge is 0.262 e. The second kappa shape index (κ2) is 7.00. The summed E-state index contributed by atoms with van der Waals surface area (Å²) in [6.45, 7) is 1.90. The fraction of sp³-hybridized carbons (Fsp3) is 0.250. The lowest BCUT2D eigenvalue weighted by molar-refractivity contribution is -0.124. The van der Waals surface area contributed by atoms with Crippen LogP contribution in [0.4, 0.5) is 5.69 Å². The van der Waals surface area contributed by atoms with E-state index in [0.717, 1.165) is 16.2 Å². The molecule has 6 nitrogen and oxygen atoms in total. The topological polar surface area (TPSA) is 69.7 Å². The molecule has 1 aliphatic heterocycles. The molecule has 3 rings (SSSR count). The second-order valence-electron chi connectivity index (χ2n) is 6.48. The number of imide groups is 1. The van der Waals surface area contributed by atoms with E-state index in [1.807, 2.05) is 43.3 Å². The molecular formula is C20H21N3O3. The van der Waals surface area contributed by atoms with Crippen molar-refractivity contribution in [2.75, 3.05) is 19.0 Å². The van der Waals surface area contributed by atoms with Gasteiger partial charge in [0.05, 0.1) is 11.1 Å². The summed E-state index contributed by atoms with van der Waals surface area (Å²) in [7, 11) is 3.92. The number of anilines is 1. The Morgan fingerprint density at radius 2 is 1.54 bits per heavy atom. The summed E-state index contributed by atoms with van der Waals surface area (Å²) in [6, 6.07) is 13.5. The molecule has 0 saturated heterocycles. The van der Waals surface area contributed by atoms with E-state index in [1.165, 1.54) is 0 Å². The molecule has 0 unspecified atom stereocenters. The predicted octanol–water partition coefficient (Wildman–Crippen LogP) is 2.05. The van der Waals surface area contributed by atoms with E-state index < -0.39 is 17.9 Å². The number of nitrogens with zero attached hydrogens (tertiary/aromatic N) is 2. The average Bonchev–Trinajstić information content (AvgIpc) is 2.90. The molecule has 0 aliphatic carbocycles. The fourth-order valence-corrected chi connectivity index (χ4v) is 2.93. The molecule has 3 amide bonds. The van der Waals surface area contributed by atoms with Gasteiger partial charge in [0.25, 0.3) is 11.8 Å². The van der Waals surface area contributed by atoms with Gasteiger partial charge >= 0.3 is 0 Å². The van der Waals surface area contributed by atoms with Gasteiger partial charge in [-0.1, -0.05) is 24.3 Å². The molecule has 2 aromatic rings. The largest absolute Gasteiger partial charge is 0.378 e. The van der Waals surface area contributed by atoms with E-state index in [0.29, 0.717) is 17.7 Å². The summed E-state index contributed by atoms with van der Waals surface area (Å²) < 4.78 is 0. The van der Waals surface area contributed by atoms with Crippen LogP contribution in [0.5, 0.6) is 0 Å². The van der Waals surface area contributed by atoms with Crippen LogP contribution >= 0.6 is 0 Å². The van der Waals surface area contributed by atoms with Crippen molar-refractivity contribution in [1.82, 2.24) is 10.2 Å². The van der Waals surface area contributed by atoms with Gasteiger partial charge in [0.15, 0.2) is 0 Å². The maximum Gasteiger partial charge on any atom is 0.262 e. The lowest BCUT2D eigenvalue weighted by atomic mass is 10.1. The Morgan fingerprint density at radius 1 is 1.00 bits per heavy atom. The average molecular weight is 351 g/mol. The van der Waals surface area contributed by atoms with Crippen molar-refractivity contribution in [3.63, 3.8) is 0 Å². The Hall–Kier alpha value is -3.15. The van der Waals surface area contributed by atoms with Gasteiger partial charge in [0, 0.05) is 26.3 Å². The van der Waals surface area contributed by atoms with E-state index >= 15 is 0 Å². The molecule has 0 bridgehead atoms. The highest BCUT2D eigenvalue weighted by molar-refractivity contribution is 6.22. The van der Waals surface area contributed by atoms with Crippen molar-refractivity contribution in [2.45, 2.75) is 19.5 Å². The monoisotopic (exact) mass is 351 g/mol. The van der Waals surface area contributed by atoms with Crippen LogP contribution < -0.4 is 10.2 Å². The van der Waals surface area contributed by atoms with Crippen molar-refractivity contribution >= 4 is 23.4 Å². The number of nitrogens with one attached hydrogen (secondary N) is 1. The first-order valence-corrected chi connectivity index (χ1v) is 8.41. The minimum Gasteiger partial charge on any atom is -0.378 e. The van der Waals surface area contributed by atoms with E-state index in [9.17, 15) is 14.4 Å². The van der Waals surface area contributed by atoms with Gasteiger partial charge < -0.3 is 10.2 Å². The Labute approximate surface area is 152 Å². The number of fused-ring (bicyclic) bond motifs is 1. The molecular weight excluding hydrogens is 330 g/mol. The number of hydrogen-bond acceptors (Lipinski definition) is 4. The predicted molar refractivity (Wildman–Crippen MR) is 99.0 cm³/mol. The molecule has 134 valence electrons. The third-order valence-electron chi connectivity index (χ3n) is 4.51. The summed E-state index contributed by atoms with van der Waals surface area (Å²) in [4.78, 5) is 40.4.